The molecule has 0 atom stereocenters. The van der Waals surface area contributed by atoms with Crippen molar-refractivity contribution in [2.24, 2.45) is 0 Å². The minimum Gasteiger partial charge on any atom is -0.352 e. The lowest BCUT2D eigenvalue weighted by molar-refractivity contribution is 0.0950. The van der Waals surface area contributed by atoms with Crippen molar-refractivity contribution in [3.8, 4) is 0 Å². The molecule has 1 amide bonds. The maximum atomic E-state index is 12.4. The van der Waals surface area contributed by atoms with Gasteiger partial charge in [0.15, 0.2) is 0 Å². The van der Waals surface area contributed by atoms with E-state index in [1.807, 2.05) is 0 Å². The van der Waals surface area contributed by atoms with Crippen molar-refractivity contribution in [2.45, 2.75) is 26.3 Å². The third-order valence-electron chi connectivity index (χ3n) is 3.72. The number of hydrogen-bond donors (Lipinski definition) is 1. The average Bonchev–Trinajstić information content (AvgIpc) is 2.69. The zero-order valence-electron chi connectivity index (χ0n) is 13.0. The van der Waals surface area contributed by atoms with Crippen LogP contribution >= 0.6 is 11.3 Å². The van der Waals surface area contributed by atoms with Gasteiger partial charge in [-0.1, -0.05) is 0 Å². The highest BCUT2D eigenvalue weighted by atomic mass is 32.1. The van der Waals surface area contributed by atoms with Crippen LogP contribution in [-0.4, -0.2) is 56.5 Å². The predicted molar refractivity (Wildman–Crippen MR) is 84.6 cm³/mol. The highest BCUT2D eigenvalue weighted by molar-refractivity contribution is 7.12. The van der Waals surface area contributed by atoms with Gasteiger partial charge in [-0.2, -0.15) is 0 Å². The molecule has 0 saturated heterocycles. The first-order chi connectivity index (χ1) is 9.49. The smallest absolute Gasteiger partial charge is 0.252 e. The van der Waals surface area contributed by atoms with Gasteiger partial charge in [0.05, 0.1) is 5.56 Å². The molecule has 4 nitrogen and oxygen atoms in total. The van der Waals surface area contributed by atoms with Crippen LogP contribution in [0.3, 0.4) is 0 Å². The zero-order chi connectivity index (χ0) is 14.7. The molecule has 0 radical (unpaired) electrons. The van der Waals surface area contributed by atoms with Crippen LogP contribution in [0.15, 0.2) is 0 Å². The Hall–Kier alpha value is -0.910. The number of fused-ring (bicyclic) bond motifs is 1. The Morgan fingerprint density at radius 1 is 1.45 bits per heavy atom. The Morgan fingerprint density at radius 2 is 2.20 bits per heavy atom. The largest absolute Gasteiger partial charge is 0.352 e. The molecular formula is C15H25N3OS. The molecule has 112 valence electrons. The minimum atomic E-state index is 0.114. The molecule has 0 unspecified atom stereocenters. The van der Waals surface area contributed by atoms with Gasteiger partial charge in [0.25, 0.3) is 5.91 Å². The van der Waals surface area contributed by atoms with E-state index in [0.29, 0.717) is 0 Å². The van der Waals surface area contributed by atoms with Gasteiger partial charge in [0.2, 0.25) is 0 Å². The Morgan fingerprint density at radius 3 is 2.90 bits per heavy atom. The molecule has 0 spiro atoms. The van der Waals surface area contributed by atoms with E-state index in [9.17, 15) is 4.79 Å². The van der Waals surface area contributed by atoms with Crippen LogP contribution in [0.2, 0.25) is 0 Å². The van der Waals surface area contributed by atoms with E-state index >= 15 is 0 Å². The van der Waals surface area contributed by atoms with Crippen molar-refractivity contribution in [3.05, 3.63) is 20.9 Å². The highest BCUT2D eigenvalue weighted by Gasteiger charge is 2.24. The summed E-state index contributed by atoms with van der Waals surface area (Å²) in [5, 5.41) is 3.07. The second-order valence-electron chi connectivity index (χ2n) is 5.84. The molecule has 0 saturated carbocycles. The zero-order valence-corrected chi connectivity index (χ0v) is 13.8. The number of hydrogen-bond acceptors (Lipinski definition) is 4. The van der Waals surface area contributed by atoms with Crippen molar-refractivity contribution in [3.63, 3.8) is 0 Å². The summed E-state index contributed by atoms with van der Waals surface area (Å²) in [5.41, 5.74) is 2.23. The summed E-state index contributed by atoms with van der Waals surface area (Å²) in [6.07, 6.45) is 1.99. The quantitative estimate of drug-likeness (QED) is 0.840. The third kappa shape index (κ3) is 3.59. The molecule has 0 aromatic carbocycles. The number of thiophene rings is 1. The van der Waals surface area contributed by atoms with Gasteiger partial charge in [-0.05, 0) is 53.0 Å². The number of amides is 1. The Balaban J connectivity index is 2.00. The normalized spacial score (nSPS) is 15.4. The second kappa shape index (κ2) is 6.70. The monoisotopic (exact) mass is 295 g/mol. The van der Waals surface area contributed by atoms with Gasteiger partial charge in [-0.15, -0.1) is 11.3 Å². The fourth-order valence-electron chi connectivity index (χ4n) is 2.65. The van der Waals surface area contributed by atoms with E-state index in [2.05, 4.69) is 43.2 Å². The number of likely N-dealkylation sites (N-methyl/N-ethyl adjacent to an activating group) is 1. The van der Waals surface area contributed by atoms with Crippen LogP contribution < -0.4 is 5.32 Å². The molecule has 1 aromatic heterocycles. The van der Waals surface area contributed by atoms with Gasteiger partial charge in [-0.25, -0.2) is 0 Å². The number of rotatable bonds is 5. The molecule has 2 heterocycles. The third-order valence-corrected chi connectivity index (χ3v) is 4.85. The lowest BCUT2D eigenvalue weighted by atomic mass is 10.0. The van der Waals surface area contributed by atoms with E-state index < -0.39 is 0 Å². The molecule has 0 fully saturated rings. The molecule has 5 heteroatoms. The summed E-state index contributed by atoms with van der Waals surface area (Å²) in [6, 6.07) is 0. The van der Waals surface area contributed by atoms with Gasteiger partial charge in [-0.3, -0.25) is 4.79 Å². The van der Waals surface area contributed by atoms with E-state index in [1.54, 1.807) is 11.3 Å². The fourth-order valence-corrected chi connectivity index (χ4v) is 3.95. The first kappa shape index (κ1) is 15.5. The van der Waals surface area contributed by atoms with E-state index in [4.69, 9.17) is 0 Å². The van der Waals surface area contributed by atoms with Crippen LogP contribution in [0.5, 0.6) is 0 Å². The Bertz CT molecular complexity index is 482. The molecule has 20 heavy (non-hydrogen) atoms. The molecule has 0 aliphatic carbocycles. The molecular weight excluding hydrogens is 270 g/mol. The summed E-state index contributed by atoms with van der Waals surface area (Å²) in [6.45, 7) is 5.85. The van der Waals surface area contributed by atoms with Crippen molar-refractivity contribution in [1.82, 2.24) is 15.1 Å². The summed E-state index contributed by atoms with van der Waals surface area (Å²) in [5.74, 6) is 0.114. The van der Waals surface area contributed by atoms with Crippen LogP contribution in [0.25, 0.3) is 0 Å². The summed E-state index contributed by atoms with van der Waals surface area (Å²) in [7, 11) is 6.24. The van der Waals surface area contributed by atoms with Crippen molar-refractivity contribution < 1.29 is 4.79 Å². The van der Waals surface area contributed by atoms with Crippen LogP contribution in [-0.2, 0) is 13.0 Å². The Labute approximate surface area is 125 Å². The van der Waals surface area contributed by atoms with E-state index in [0.717, 1.165) is 49.5 Å². The SMILES string of the molecule is Cc1sc2c(c1C(=O)NCCCN(C)C)CCN(C)C2. The number of nitrogens with one attached hydrogen (secondary N) is 1. The predicted octanol–water partition coefficient (Wildman–Crippen LogP) is 1.73. The fraction of sp³-hybridized carbons (Fsp3) is 0.667. The number of nitrogens with zero attached hydrogens (tertiary/aromatic N) is 2. The average molecular weight is 295 g/mol. The van der Waals surface area contributed by atoms with Crippen LogP contribution in [0.1, 0.15) is 32.1 Å². The maximum Gasteiger partial charge on any atom is 0.252 e. The maximum absolute atomic E-state index is 12.4. The van der Waals surface area contributed by atoms with Crippen LogP contribution in [0, 0.1) is 6.92 Å². The van der Waals surface area contributed by atoms with E-state index in [-0.39, 0.29) is 5.91 Å². The lowest BCUT2D eigenvalue weighted by Gasteiger charge is -2.22. The number of aryl methyl sites for hydroxylation is 1. The van der Waals surface area contributed by atoms with Crippen LogP contribution in [0.4, 0.5) is 0 Å². The lowest BCUT2D eigenvalue weighted by Crippen LogP contribution is -2.30. The van der Waals surface area contributed by atoms with E-state index in [1.165, 1.54) is 10.4 Å². The molecule has 0 bridgehead atoms. The van der Waals surface area contributed by atoms with Gasteiger partial charge >= 0.3 is 0 Å². The summed E-state index contributed by atoms with van der Waals surface area (Å²) >= 11 is 1.78. The molecule has 1 aliphatic heterocycles. The van der Waals surface area contributed by atoms with Crippen molar-refractivity contribution in [1.29, 1.82) is 0 Å². The summed E-state index contributed by atoms with van der Waals surface area (Å²) in [4.78, 5) is 19.4. The van der Waals surface area contributed by atoms with Gasteiger partial charge in [0, 0.05) is 29.4 Å². The minimum absolute atomic E-state index is 0.114. The highest BCUT2D eigenvalue weighted by Crippen LogP contribution is 2.32. The van der Waals surface area contributed by atoms with Gasteiger partial charge < -0.3 is 15.1 Å². The van der Waals surface area contributed by atoms with Gasteiger partial charge in [0.1, 0.15) is 0 Å². The standard InChI is InChI=1S/C15H25N3OS/c1-11-14(15(19)16-7-5-8-17(2)3)12-6-9-18(4)10-13(12)20-11/h5-10H2,1-4H3,(H,16,19). The second-order valence-corrected chi connectivity index (χ2v) is 7.14. The first-order valence-electron chi connectivity index (χ1n) is 7.21. The molecule has 1 N–H and O–H groups in total. The number of carbonyl (C=O) groups is 1. The number of carbonyl (C=O) groups excluding carboxylic acids is 1. The first-order valence-corrected chi connectivity index (χ1v) is 8.03. The Kier molecular flexibility index (Phi) is 5.18. The van der Waals surface area contributed by atoms with Crippen molar-refractivity contribution >= 4 is 17.2 Å². The molecule has 1 aromatic rings. The molecule has 2 rings (SSSR count). The topological polar surface area (TPSA) is 35.6 Å². The van der Waals surface area contributed by atoms with Crippen molar-refractivity contribution in [2.75, 3.05) is 40.8 Å². The summed E-state index contributed by atoms with van der Waals surface area (Å²) < 4.78 is 0. The molecule has 1 aliphatic rings.